The maximum atomic E-state index is 12.6. The van der Waals surface area contributed by atoms with E-state index < -0.39 is 36.7 Å². The second kappa shape index (κ2) is 5.52. The van der Waals surface area contributed by atoms with Crippen LogP contribution in [0.4, 0.5) is 13.2 Å². The minimum Gasteiger partial charge on any atom is -0.462 e. The molecule has 6 heteroatoms. The summed E-state index contributed by atoms with van der Waals surface area (Å²) in [5.41, 5.74) is -0.801. The van der Waals surface area contributed by atoms with Crippen LogP contribution in [0.2, 0.25) is 0 Å². The monoisotopic (exact) mass is 242 g/mol. The number of hydrogen-bond acceptors (Lipinski definition) is 3. The van der Waals surface area contributed by atoms with E-state index in [4.69, 9.17) is 5.11 Å². The van der Waals surface area contributed by atoms with Crippen LogP contribution in [0.3, 0.4) is 0 Å². The SMILES string of the molecule is CCC(C)(C)C(=O)OCC(O)C(F)(F)CF. The highest BCUT2D eigenvalue weighted by Gasteiger charge is 2.40. The Balaban J connectivity index is 4.22. The van der Waals surface area contributed by atoms with Crippen LogP contribution in [0.15, 0.2) is 0 Å². The number of ether oxygens (including phenoxy) is 1. The van der Waals surface area contributed by atoms with Crippen LogP contribution in [0, 0.1) is 5.41 Å². The Bertz CT molecular complexity index is 241. The first kappa shape index (κ1) is 15.2. The number of alkyl halides is 3. The van der Waals surface area contributed by atoms with Gasteiger partial charge in [0.1, 0.15) is 6.61 Å². The Kier molecular flexibility index (Phi) is 5.25. The smallest absolute Gasteiger partial charge is 0.311 e. The first-order valence-electron chi connectivity index (χ1n) is 4.96. The molecule has 0 amide bonds. The molecule has 0 saturated carbocycles. The highest BCUT2D eigenvalue weighted by Crippen LogP contribution is 2.23. The van der Waals surface area contributed by atoms with Gasteiger partial charge < -0.3 is 9.84 Å². The predicted octanol–water partition coefficient (Wildman–Crippen LogP) is 1.93. The van der Waals surface area contributed by atoms with Crippen molar-refractivity contribution in [1.82, 2.24) is 0 Å². The van der Waals surface area contributed by atoms with Crippen LogP contribution in [0.5, 0.6) is 0 Å². The van der Waals surface area contributed by atoms with E-state index in [2.05, 4.69) is 4.74 Å². The van der Waals surface area contributed by atoms with E-state index in [-0.39, 0.29) is 0 Å². The number of halogens is 3. The Hall–Kier alpha value is -0.780. The maximum Gasteiger partial charge on any atom is 0.311 e. The van der Waals surface area contributed by atoms with Gasteiger partial charge in [0.05, 0.1) is 5.41 Å². The van der Waals surface area contributed by atoms with Crippen LogP contribution < -0.4 is 0 Å². The molecule has 16 heavy (non-hydrogen) atoms. The van der Waals surface area contributed by atoms with E-state index in [1.165, 1.54) is 0 Å². The Labute approximate surface area is 92.6 Å². The lowest BCUT2D eigenvalue weighted by Crippen LogP contribution is -2.40. The first-order valence-corrected chi connectivity index (χ1v) is 4.96. The maximum absolute atomic E-state index is 12.6. The lowest BCUT2D eigenvalue weighted by Gasteiger charge is -2.23. The average Bonchev–Trinajstić information content (AvgIpc) is 2.24. The molecule has 0 heterocycles. The number of esters is 1. The third-order valence-corrected chi connectivity index (χ3v) is 2.47. The molecule has 0 aromatic heterocycles. The molecule has 0 saturated heterocycles. The number of carbonyl (C=O) groups excluding carboxylic acids is 1. The average molecular weight is 242 g/mol. The molecular weight excluding hydrogens is 225 g/mol. The lowest BCUT2D eigenvalue weighted by atomic mass is 9.91. The van der Waals surface area contributed by atoms with Crippen molar-refractivity contribution >= 4 is 5.97 Å². The molecule has 0 aromatic rings. The molecule has 0 spiro atoms. The van der Waals surface area contributed by atoms with Crippen molar-refractivity contribution in [3.05, 3.63) is 0 Å². The van der Waals surface area contributed by atoms with Gasteiger partial charge in [-0.25, -0.2) is 13.2 Å². The molecule has 96 valence electrons. The summed E-state index contributed by atoms with van der Waals surface area (Å²) < 4.78 is 41.4. The summed E-state index contributed by atoms with van der Waals surface area (Å²) in [7, 11) is 0. The second-order valence-corrected chi connectivity index (χ2v) is 4.25. The Morgan fingerprint density at radius 2 is 1.94 bits per heavy atom. The quantitative estimate of drug-likeness (QED) is 0.724. The van der Waals surface area contributed by atoms with E-state index in [0.29, 0.717) is 6.42 Å². The molecule has 0 fully saturated rings. The number of aliphatic hydroxyl groups is 1. The fourth-order valence-electron chi connectivity index (χ4n) is 0.705. The van der Waals surface area contributed by atoms with Crippen molar-refractivity contribution in [3.8, 4) is 0 Å². The number of rotatable bonds is 6. The van der Waals surface area contributed by atoms with Crippen molar-refractivity contribution in [2.75, 3.05) is 13.3 Å². The highest BCUT2D eigenvalue weighted by atomic mass is 19.3. The molecule has 0 bridgehead atoms. The summed E-state index contributed by atoms with van der Waals surface area (Å²) >= 11 is 0. The predicted molar refractivity (Wildman–Crippen MR) is 52.0 cm³/mol. The van der Waals surface area contributed by atoms with Crippen LogP contribution in [0.25, 0.3) is 0 Å². The van der Waals surface area contributed by atoms with Gasteiger partial charge in [0.25, 0.3) is 0 Å². The van der Waals surface area contributed by atoms with Crippen LogP contribution in [-0.2, 0) is 9.53 Å². The number of hydrogen-bond donors (Lipinski definition) is 1. The zero-order valence-corrected chi connectivity index (χ0v) is 9.60. The summed E-state index contributed by atoms with van der Waals surface area (Å²) in [5.74, 6) is -4.57. The van der Waals surface area contributed by atoms with Gasteiger partial charge in [0, 0.05) is 0 Å². The van der Waals surface area contributed by atoms with Gasteiger partial charge in [-0.2, -0.15) is 0 Å². The van der Waals surface area contributed by atoms with Gasteiger partial charge in [0.15, 0.2) is 12.8 Å². The Morgan fingerprint density at radius 3 is 2.31 bits per heavy atom. The third kappa shape index (κ3) is 4.00. The van der Waals surface area contributed by atoms with E-state index in [1.54, 1.807) is 20.8 Å². The van der Waals surface area contributed by atoms with Gasteiger partial charge >= 0.3 is 11.9 Å². The molecule has 3 nitrogen and oxygen atoms in total. The highest BCUT2D eigenvalue weighted by molar-refractivity contribution is 5.75. The van der Waals surface area contributed by atoms with Gasteiger partial charge in [-0.15, -0.1) is 0 Å². The van der Waals surface area contributed by atoms with Crippen molar-refractivity contribution in [3.63, 3.8) is 0 Å². The largest absolute Gasteiger partial charge is 0.462 e. The molecule has 0 aliphatic rings. The number of carbonyl (C=O) groups is 1. The minimum absolute atomic E-state index is 0.474. The summed E-state index contributed by atoms with van der Waals surface area (Å²) in [6.07, 6.45) is -1.84. The lowest BCUT2D eigenvalue weighted by molar-refractivity contribution is -0.172. The summed E-state index contributed by atoms with van der Waals surface area (Å²) in [5, 5.41) is 8.90. The van der Waals surface area contributed by atoms with Crippen molar-refractivity contribution < 1.29 is 27.8 Å². The Morgan fingerprint density at radius 1 is 1.44 bits per heavy atom. The zero-order chi connectivity index (χ0) is 13.0. The van der Waals surface area contributed by atoms with E-state index >= 15 is 0 Å². The molecule has 0 radical (unpaired) electrons. The van der Waals surface area contributed by atoms with E-state index in [1.807, 2.05) is 0 Å². The molecule has 0 aliphatic carbocycles. The van der Waals surface area contributed by atoms with Crippen LogP contribution >= 0.6 is 0 Å². The van der Waals surface area contributed by atoms with Crippen LogP contribution in [0.1, 0.15) is 27.2 Å². The van der Waals surface area contributed by atoms with Gasteiger partial charge in [-0.3, -0.25) is 4.79 Å². The molecule has 1 N–H and O–H groups in total. The molecule has 0 aromatic carbocycles. The molecule has 0 rings (SSSR count). The van der Waals surface area contributed by atoms with Crippen LogP contribution in [-0.4, -0.2) is 36.4 Å². The molecule has 1 atom stereocenters. The topological polar surface area (TPSA) is 46.5 Å². The zero-order valence-electron chi connectivity index (χ0n) is 9.60. The standard InChI is InChI=1S/C10H17F3O3/c1-4-9(2,3)8(15)16-5-7(14)10(12,13)6-11/h7,14H,4-6H2,1-3H3. The molecular formula is C10H17F3O3. The molecule has 0 aliphatic heterocycles. The van der Waals surface area contributed by atoms with Gasteiger partial charge in [-0.05, 0) is 20.3 Å². The van der Waals surface area contributed by atoms with Gasteiger partial charge in [-0.1, -0.05) is 6.92 Å². The first-order chi connectivity index (χ1) is 7.17. The fraction of sp³-hybridized carbons (Fsp3) is 0.900. The van der Waals surface area contributed by atoms with E-state index in [9.17, 15) is 18.0 Å². The summed E-state index contributed by atoms with van der Waals surface area (Å²) in [6, 6.07) is 0. The molecule has 1 unspecified atom stereocenters. The fourth-order valence-corrected chi connectivity index (χ4v) is 0.705. The number of aliphatic hydroxyl groups excluding tert-OH is 1. The van der Waals surface area contributed by atoms with E-state index in [0.717, 1.165) is 0 Å². The minimum atomic E-state index is -3.88. The van der Waals surface area contributed by atoms with Gasteiger partial charge in [0.2, 0.25) is 0 Å². The van der Waals surface area contributed by atoms with Crippen molar-refractivity contribution in [2.45, 2.75) is 39.2 Å². The van der Waals surface area contributed by atoms with Crippen molar-refractivity contribution in [2.24, 2.45) is 5.41 Å². The third-order valence-electron chi connectivity index (χ3n) is 2.47. The normalized spacial score (nSPS) is 14.7. The summed E-state index contributed by atoms with van der Waals surface area (Å²) in [4.78, 5) is 11.3. The van der Waals surface area contributed by atoms with Crippen molar-refractivity contribution in [1.29, 1.82) is 0 Å². The summed E-state index contributed by atoms with van der Waals surface area (Å²) in [6.45, 7) is 2.04. The second-order valence-electron chi connectivity index (χ2n) is 4.25.